The molecule has 0 saturated heterocycles. The summed E-state index contributed by atoms with van der Waals surface area (Å²) in [6.45, 7) is 0. The van der Waals surface area contributed by atoms with Crippen molar-refractivity contribution in [2.24, 2.45) is 0 Å². The molecule has 2 nitrogen and oxygen atoms in total. The molecule has 3 aromatic heterocycles. The third-order valence-corrected chi connectivity index (χ3v) is 14.1. The summed E-state index contributed by atoms with van der Waals surface area (Å²) in [5, 5.41) is 7.71. The second kappa shape index (κ2) is 14.3. The number of para-hydroxylation sites is 3. The Morgan fingerprint density at radius 3 is 1.24 bits per heavy atom. The SMILES string of the molecule is c1ccc(-n2c3ccccc3c3ccc(-c4ccc5c6ccccc6n(-c6ccc(-c7ccc(-c8ccc(-c9cccc%10sc%11ccccc%11c9%10)cc8)cc7)cc6)c5c4)cc32)cc1. The highest BCUT2D eigenvalue weighted by Gasteiger charge is 2.17. The van der Waals surface area contributed by atoms with Gasteiger partial charge >= 0.3 is 0 Å². The largest absolute Gasteiger partial charge is 0.309 e. The molecule has 0 amide bonds. The van der Waals surface area contributed by atoms with Crippen LogP contribution >= 0.6 is 11.3 Å². The Bertz CT molecular complexity index is 3870. The molecule has 294 valence electrons. The van der Waals surface area contributed by atoms with E-state index in [-0.39, 0.29) is 0 Å². The van der Waals surface area contributed by atoms with Crippen molar-refractivity contribution in [3.05, 3.63) is 231 Å². The van der Waals surface area contributed by atoms with Crippen LogP contribution in [0.1, 0.15) is 0 Å². The Morgan fingerprint density at radius 1 is 0.254 bits per heavy atom. The maximum absolute atomic E-state index is 2.42. The van der Waals surface area contributed by atoms with Gasteiger partial charge in [0.2, 0.25) is 0 Å². The molecule has 13 rings (SSSR count). The zero-order chi connectivity index (χ0) is 41.4. The van der Waals surface area contributed by atoms with Gasteiger partial charge in [0.15, 0.2) is 0 Å². The molecule has 0 atom stereocenters. The summed E-state index contributed by atoms with van der Waals surface area (Å²) in [5.41, 5.74) is 16.9. The molecule has 0 fully saturated rings. The second-order valence-electron chi connectivity index (χ2n) is 16.5. The first-order valence-corrected chi connectivity index (χ1v) is 22.4. The molecule has 0 radical (unpaired) electrons. The monoisotopic (exact) mass is 818 g/mol. The molecular formula is C60H38N2S. The normalized spacial score (nSPS) is 11.8. The molecule has 3 heterocycles. The van der Waals surface area contributed by atoms with Gasteiger partial charge in [0, 0.05) is 53.1 Å². The summed E-state index contributed by atoms with van der Waals surface area (Å²) in [6.07, 6.45) is 0. The van der Waals surface area contributed by atoms with Gasteiger partial charge in [0.05, 0.1) is 22.1 Å². The zero-order valence-electron chi connectivity index (χ0n) is 34.2. The summed E-state index contributed by atoms with van der Waals surface area (Å²) in [6, 6.07) is 84.6. The van der Waals surface area contributed by atoms with Crippen molar-refractivity contribution in [2.45, 2.75) is 0 Å². The second-order valence-corrected chi connectivity index (χ2v) is 17.6. The number of nitrogens with zero attached hydrogens (tertiary/aromatic N) is 2. The van der Waals surface area contributed by atoms with Crippen molar-refractivity contribution < 1.29 is 0 Å². The summed E-state index contributed by atoms with van der Waals surface area (Å²) < 4.78 is 7.48. The molecule has 0 spiro atoms. The van der Waals surface area contributed by atoms with E-state index in [4.69, 9.17) is 0 Å². The number of thiophene rings is 1. The van der Waals surface area contributed by atoms with Gasteiger partial charge in [-0.25, -0.2) is 0 Å². The molecule has 0 aliphatic rings. The Hall–Kier alpha value is -7.98. The van der Waals surface area contributed by atoms with Crippen LogP contribution in [0.3, 0.4) is 0 Å². The minimum Gasteiger partial charge on any atom is -0.309 e. The third-order valence-electron chi connectivity index (χ3n) is 13.0. The van der Waals surface area contributed by atoms with Gasteiger partial charge in [0.25, 0.3) is 0 Å². The number of rotatable bonds is 6. The minimum atomic E-state index is 1.14. The first-order chi connectivity index (χ1) is 31.2. The smallest absolute Gasteiger partial charge is 0.0547 e. The van der Waals surface area contributed by atoms with E-state index in [0.717, 1.165) is 5.69 Å². The van der Waals surface area contributed by atoms with E-state index in [1.807, 2.05) is 11.3 Å². The molecule has 10 aromatic carbocycles. The van der Waals surface area contributed by atoms with Crippen molar-refractivity contribution in [1.29, 1.82) is 0 Å². The Morgan fingerprint density at radius 2 is 0.667 bits per heavy atom. The minimum absolute atomic E-state index is 1.14. The molecule has 0 bridgehead atoms. The summed E-state index contributed by atoms with van der Waals surface area (Å²) in [4.78, 5) is 0. The molecule has 3 heteroatoms. The first-order valence-electron chi connectivity index (χ1n) is 21.6. The molecule has 0 saturated carbocycles. The Kier molecular flexibility index (Phi) is 8.12. The lowest BCUT2D eigenvalue weighted by molar-refractivity contribution is 1.18. The van der Waals surface area contributed by atoms with Gasteiger partial charge in [-0.3, -0.25) is 0 Å². The average molecular weight is 819 g/mol. The maximum atomic E-state index is 2.42. The van der Waals surface area contributed by atoms with Crippen LogP contribution in [0.4, 0.5) is 0 Å². The van der Waals surface area contributed by atoms with Crippen LogP contribution in [-0.2, 0) is 0 Å². The van der Waals surface area contributed by atoms with Crippen LogP contribution in [0.15, 0.2) is 231 Å². The lowest BCUT2D eigenvalue weighted by atomic mass is 9.96. The highest BCUT2D eigenvalue weighted by Crippen LogP contribution is 2.41. The van der Waals surface area contributed by atoms with Crippen LogP contribution in [0.25, 0.3) is 120 Å². The van der Waals surface area contributed by atoms with Gasteiger partial charge in [-0.05, 0) is 105 Å². The van der Waals surface area contributed by atoms with E-state index in [0.29, 0.717) is 0 Å². The van der Waals surface area contributed by atoms with Gasteiger partial charge in [-0.2, -0.15) is 0 Å². The predicted octanol–water partition coefficient (Wildman–Crippen LogP) is 16.9. The number of aromatic nitrogens is 2. The van der Waals surface area contributed by atoms with Gasteiger partial charge in [-0.15, -0.1) is 11.3 Å². The van der Waals surface area contributed by atoms with Crippen LogP contribution in [0, 0.1) is 0 Å². The summed E-state index contributed by atoms with van der Waals surface area (Å²) in [5.74, 6) is 0. The van der Waals surface area contributed by atoms with E-state index in [1.54, 1.807) is 0 Å². The lowest BCUT2D eigenvalue weighted by Crippen LogP contribution is -1.94. The van der Waals surface area contributed by atoms with Crippen molar-refractivity contribution in [1.82, 2.24) is 9.13 Å². The summed E-state index contributed by atoms with van der Waals surface area (Å²) >= 11 is 1.87. The van der Waals surface area contributed by atoms with Gasteiger partial charge in [0.1, 0.15) is 0 Å². The topological polar surface area (TPSA) is 9.86 Å². The fourth-order valence-electron chi connectivity index (χ4n) is 9.95. The maximum Gasteiger partial charge on any atom is 0.0547 e. The van der Waals surface area contributed by atoms with Crippen molar-refractivity contribution in [3.63, 3.8) is 0 Å². The van der Waals surface area contributed by atoms with E-state index < -0.39 is 0 Å². The zero-order valence-corrected chi connectivity index (χ0v) is 35.1. The molecule has 0 aliphatic heterocycles. The van der Waals surface area contributed by atoms with E-state index in [1.165, 1.54) is 114 Å². The standard InChI is InChI=1S/C60H38N2S/c1-2-11-46(12-3-1)61-54-17-7-4-13-49(54)51-35-31-44(37-56(51)61)45-32-36-52-50-14-5-8-18-55(50)62(57(52)38-45)47-33-29-42(30-34-47)40-23-21-39(22-24-40)41-25-27-43(28-26-41)48-16-10-20-59-60(48)53-15-6-9-19-58(53)63-59/h1-38H. The molecule has 0 unspecified atom stereocenters. The van der Waals surface area contributed by atoms with Crippen molar-refractivity contribution >= 4 is 75.1 Å². The van der Waals surface area contributed by atoms with Crippen molar-refractivity contribution in [2.75, 3.05) is 0 Å². The third kappa shape index (κ3) is 5.78. The number of fused-ring (bicyclic) bond motifs is 9. The van der Waals surface area contributed by atoms with Gasteiger partial charge < -0.3 is 9.13 Å². The van der Waals surface area contributed by atoms with Crippen LogP contribution < -0.4 is 0 Å². The molecule has 13 aromatic rings. The number of hydrogen-bond donors (Lipinski definition) is 0. The molecule has 0 aliphatic carbocycles. The number of hydrogen-bond acceptors (Lipinski definition) is 1. The quantitative estimate of drug-likeness (QED) is 0.158. The van der Waals surface area contributed by atoms with E-state index in [2.05, 4.69) is 240 Å². The Labute approximate surface area is 368 Å². The van der Waals surface area contributed by atoms with E-state index >= 15 is 0 Å². The average Bonchev–Trinajstić information content (AvgIpc) is 4.02. The lowest BCUT2D eigenvalue weighted by Gasteiger charge is -2.11. The highest BCUT2D eigenvalue weighted by atomic mass is 32.1. The molecule has 63 heavy (non-hydrogen) atoms. The highest BCUT2D eigenvalue weighted by molar-refractivity contribution is 7.25. The molecular weight excluding hydrogens is 781 g/mol. The van der Waals surface area contributed by atoms with Crippen LogP contribution in [-0.4, -0.2) is 9.13 Å². The number of benzene rings is 10. The Balaban J connectivity index is 0.829. The van der Waals surface area contributed by atoms with Crippen LogP contribution in [0.2, 0.25) is 0 Å². The van der Waals surface area contributed by atoms with Gasteiger partial charge in [-0.1, -0.05) is 170 Å². The van der Waals surface area contributed by atoms with Crippen LogP contribution in [0.5, 0.6) is 0 Å². The van der Waals surface area contributed by atoms with Crippen molar-refractivity contribution in [3.8, 4) is 55.9 Å². The fourth-order valence-corrected chi connectivity index (χ4v) is 11.1. The predicted molar refractivity (Wildman–Crippen MR) is 270 cm³/mol. The first kappa shape index (κ1) is 35.7. The summed E-state index contributed by atoms with van der Waals surface area (Å²) in [7, 11) is 0. The van der Waals surface area contributed by atoms with E-state index in [9.17, 15) is 0 Å². The fraction of sp³-hybridized carbons (Fsp3) is 0. The molecule has 0 N–H and O–H groups in total.